The van der Waals surface area contributed by atoms with Gasteiger partial charge in [0.1, 0.15) is 0 Å². The zero-order valence-electron chi connectivity index (χ0n) is 10.5. The highest BCUT2D eigenvalue weighted by Gasteiger charge is 2.18. The summed E-state index contributed by atoms with van der Waals surface area (Å²) in [6.45, 7) is 8.56. The SMILES string of the molecule is Cc1cc(C#N)ccc1CN1CCNCC1C. The Morgan fingerprint density at radius 1 is 1.53 bits per heavy atom. The van der Waals surface area contributed by atoms with Crippen molar-refractivity contribution in [2.75, 3.05) is 19.6 Å². The van der Waals surface area contributed by atoms with Crippen LogP contribution < -0.4 is 5.32 Å². The minimum absolute atomic E-state index is 0.582. The highest BCUT2D eigenvalue weighted by Crippen LogP contribution is 2.15. The first-order valence-corrected chi connectivity index (χ1v) is 6.15. The van der Waals surface area contributed by atoms with Crippen LogP contribution in [0.2, 0.25) is 0 Å². The normalized spacial score (nSPS) is 21.1. The van der Waals surface area contributed by atoms with Crippen molar-refractivity contribution >= 4 is 0 Å². The Labute approximate surface area is 103 Å². The van der Waals surface area contributed by atoms with Crippen molar-refractivity contribution < 1.29 is 0 Å². The molecule has 0 bridgehead atoms. The van der Waals surface area contributed by atoms with Crippen molar-refractivity contribution in [3.63, 3.8) is 0 Å². The van der Waals surface area contributed by atoms with E-state index in [1.807, 2.05) is 12.1 Å². The Morgan fingerprint density at radius 3 is 3.00 bits per heavy atom. The molecule has 1 aliphatic rings. The molecule has 3 heteroatoms. The summed E-state index contributed by atoms with van der Waals surface area (Å²) in [5, 5.41) is 12.2. The topological polar surface area (TPSA) is 39.1 Å². The van der Waals surface area contributed by atoms with E-state index in [9.17, 15) is 0 Å². The van der Waals surface area contributed by atoms with Gasteiger partial charge in [-0.15, -0.1) is 0 Å². The zero-order chi connectivity index (χ0) is 12.3. The predicted molar refractivity (Wildman–Crippen MR) is 68.6 cm³/mol. The molecule has 1 aromatic rings. The lowest BCUT2D eigenvalue weighted by atomic mass is 10.0. The average molecular weight is 229 g/mol. The van der Waals surface area contributed by atoms with Crippen molar-refractivity contribution in [2.24, 2.45) is 0 Å². The Hall–Kier alpha value is -1.37. The molecular formula is C14H19N3. The minimum atomic E-state index is 0.582. The molecule has 0 spiro atoms. The lowest BCUT2D eigenvalue weighted by molar-refractivity contribution is 0.165. The molecule has 1 aliphatic heterocycles. The molecule has 0 aromatic heterocycles. The summed E-state index contributed by atoms with van der Waals surface area (Å²) in [6.07, 6.45) is 0. The van der Waals surface area contributed by atoms with Crippen LogP contribution in [0.3, 0.4) is 0 Å². The van der Waals surface area contributed by atoms with Crippen LogP contribution in [0.1, 0.15) is 23.6 Å². The van der Waals surface area contributed by atoms with Gasteiger partial charge in [-0.25, -0.2) is 0 Å². The average Bonchev–Trinajstić information content (AvgIpc) is 2.34. The van der Waals surface area contributed by atoms with Crippen molar-refractivity contribution in [3.8, 4) is 6.07 Å². The monoisotopic (exact) mass is 229 g/mol. The number of piperazine rings is 1. The maximum absolute atomic E-state index is 8.85. The molecule has 90 valence electrons. The number of rotatable bonds is 2. The van der Waals surface area contributed by atoms with Gasteiger partial charge in [-0.3, -0.25) is 4.90 Å². The first-order valence-electron chi connectivity index (χ1n) is 6.15. The van der Waals surface area contributed by atoms with E-state index in [0.717, 1.165) is 31.7 Å². The van der Waals surface area contributed by atoms with Crippen molar-refractivity contribution in [1.29, 1.82) is 5.26 Å². The Balaban J connectivity index is 2.10. The van der Waals surface area contributed by atoms with E-state index < -0.39 is 0 Å². The van der Waals surface area contributed by atoms with Gasteiger partial charge in [-0.2, -0.15) is 5.26 Å². The summed E-state index contributed by atoms with van der Waals surface area (Å²) in [5.74, 6) is 0. The van der Waals surface area contributed by atoms with Crippen molar-refractivity contribution in [3.05, 3.63) is 34.9 Å². The summed E-state index contributed by atoms with van der Waals surface area (Å²) in [7, 11) is 0. The molecule has 0 amide bonds. The van der Waals surface area contributed by atoms with Crippen molar-refractivity contribution in [1.82, 2.24) is 10.2 Å². The molecule has 1 heterocycles. The minimum Gasteiger partial charge on any atom is -0.314 e. The van der Waals surface area contributed by atoms with Gasteiger partial charge in [0.15, 0.2) is 0 Å². The zero-order valence-corrected chi connectivity index (χ0v) is 10.5. The number of nitrogens with zero attached hydrogens (tertiary/aromatic N) is 2. The van der Waals surface area contributed by atoms with E-state index >= 15 is 0 Å². The van der Waals surface area contributed by atoms with Gasteiger partial charge in [0.25, 0.3) is 0 Å². The molecule has 1 saturated heterocycles. The molecule has 0 aliphatic carbocycles. The molecule has 1 unspecified atom stereocenters. The smallest absolute Gasteiger partial charge is 0.0991 e. The third-order valence-electron chi connectivity index (χ3n) is 3.48. The lowest BCUT2D eigenvalue weighted by Gasteiger charge is -2.34. The lowest BCUT2D eigenvalue weighted by Crippen LogP contribution is -2.49. The predicted octanol–water partition coefficient (Wildman–Crippen LogP) is 1.66. The largest absolute Gasteiger partial charge is 0.314 e. The maximum atomic E-state index is 8.85. The Morgan fingerprint density at radius 2 is 2.35 bits per heavy atom. The van der Waals surface area contributed by atoms with Crippen molar-refractivity contribution in [2.45, 2.75) is 26.4 Å². The van der Waals surface area contributed by atoms with Crippen LogP contribution in [0.4, 0.5) is 0 Å². The van der Waals surface area contributed by atoms with E-state index in [1.165, 1.54) is 11.1 Å². The first-order chi connectivity index (χ1) is 8.20. The van der Waals surface area contributed by atoms with Crippen LogP contribution in [-0.2, 0) is 6.54 Å². The van der Waals surface area contributed by atoms with E-state index in [2.05, 4.69) is 36.2 Å². The number of nitriles is 1. The second-order valence-corrected chi connectivity index (χ2v) is 4.78. The van der Waals surface area contributed by atoms with E-state index in [4.69, 9.17) is 5.26 Å². The fourth-order valence-electron chi connectivity index (χ4n) is 2.28. The molecule has 1 N–H and O–H groups in total. The Kier molecular flexibility index (Phi) is 3.78. The second-order valence-electron chi connectivity index (χ2n) is 4.78. The summed E-state index contributed by atoms with van der Waals surface area (Å²) in [6, 6.07) is 8.74. The maximum Gasteiger partial charge on any atom is 0.0991 e. The van der Waals surface area contributed by atoms with E-state index in [0.29, 0.717) is 6.04 Å². The van der Waals surface area contributed by atoms with Gasteiger partial charge >= 0.3 is 0 Å². The number of aryl methyl sites for hydroxylation is 1. The van der Waals surface area contributed by atoms with Gasteiger partial charge in [0.05, 0.1) is 11.6 Å². The summed E-state index contributed by atoms with van der Waals surface area (Å²) in [5.41, 5.74) is 3.30. The van der Waals surface area contributed by atoms with Crippen LogP contribution in [0, 0.1) is 18.3 Å². The molecule has 2 rings (SSSR count). The summed E-state index contributed by atoms with van der Waals surface area (Å²) >= 11 is 0. The summed E-state index contributed by atoms with van der Waals surface area (Å²) < 4.78 is 0. The van der Waals surface area contributed by atoms with Crippen LogP contribution in [-0.4, -0.2) is 30.6 Å². The van der Waals surface area contributed by atoms with Gasteiger partial charge in [0, 0.05) is 32.2 Å². The second kappa shape index (κ2) is 5.31. The van der Waals surface area contributed by atoms with Gasteiger partial charge in [0.2, 0.25) is 0 Å². The fourth-order valence-corrected chi connectivity index (χ4v) is 2.28. The van der Waals surface area contributed by atoms with E-state index in [-0.39, 0.29) is 0 Å². The quantitative estimate of drug-likeness (QED) is 0.838. The molecule has 0 radical (unpaired) electrons. The number of benzene rings is 1. The van der Waals surface area contributed by atoms with Gasteiger partial charge in [-0.1, -0.05) is 6.07 Å². The molecule has 1 aromatic carbocycles. The molecule has 1 fully saturated rings. The third kappa shape index (κ3) is 2.85. The summed E-state index contributed by atoms with van der Waals surface area (Å²) in [4.78, 5) is 2.49. The molecule has 0 saturated carbocycles. The number of hydrogen-bond donors (Lipinski definition) is 1. The van der Waals surface area contributed by atoms with Gasteiger partial charge < -0.3 is 5.32 Å². The highest BCUT2D eigenvalue weighted by atomic mass is 15.2. The van der Waals surface area contributed by atoms with Crippen LogP contribution >= 0.6 is 0 Å². The first kappa shape index (κ1) is 12.1. The highest BCUT2D eigenvalue weighted by molar-refractivity contribution is 5.37. The molecule has 17 heavy (non-hydrogen) atoms. The number of nitrogens with one attached hydrogen (secondary N) is 1. The van der Waals surface area contributed by atoms with Gasteiger partial charge in [-0.05, 0) is 37.1 Å². The molecular weight excluding hydrogens is 210 g/mol. The Bertz CT molecular complexity index is 434. The van der Waals surface area contributed by atoms with Crippen LogP contribution in [0.15, 0.2) is 18.2 Å². The standard InChI is InChI=1S/C14H19N3/c1-11-7-13(8-15)3-4-14(11)10-17-6-5-16-9-12(17)2/h3-4,7,12,16H,5-6,9-10H2,1-2H3. The van der Waals surface area contributed by atoms with Crippen LogP contribution in [0.5, 0.6) is 0 Å². The fraction of sp³-hybridized carbons (Fsp3) is 0.500. The third-order valence-corrected chi connectivity index (χ3v) is 3.48. The van der Waals surface area contributed by atoms with E-state index in [1.54, 1.807) is 0 Å². The number of hydrogen-bond acceptors (Lipinski definition) is 3. The molecule has 1 atom stereocenters. The molecule has 3 nitrogen and oxygen atoms in total. The van der Waals surface area contributed by atoms with Crippen LogP contribution in [0.25, 0.3) is 0 Å².